The summed E-state index contributed by atoms with van der Waals surface area (Å²) in [5.41, 5.74) is 2.34. The molecule has 0 aliphatic carbocycles. The minimum absolute atomic E-state index is 0.0177. The predicted molar refractivity (Wildman–Crippen MR) is 89.3 cm³/mol. The van der Waals surface area contributed by atoms with Crippen LogP contribution < -0.4 is 10.6 Å². The molecule has 122 valence electrons. The summed E-state index contributed by atoms with van der Waals surface area (Å²) in [6, 6.07) is 15.7. The van der Waals surface area contributed by atoms with Crippen molar-refractivity contribution in [2.75, 3.05) is 19.0 Å². The summed E-state index contributed by atoms with van der Waals surface area (Å²) in [7, 11) is 1.45. The second kappa shape index (κ2) is 8.46. The van der Waals surface area contributed by atoms with Crippen LogP contribution in [0.1, 0.15) is 21.5 Å². The van der Waals surface area contributed by atoms with Gasteiger partial charge in [0.1, 0.15) is 6.61 Å². The lowest BCUT2D eigenvalue weighted by atomic mass is 10.1. The number of ether oxygens (including phenoxy) is 1. The average Bonchev–Trinajstić information content (AvgIpc) is 2.60. The molecular weight excluding hydrogens is 306 g/mol. The van der Waals surface area contributed by atoms with Gasteiger partial charge in [0.15, 0.2) is 0 Å². The third-order valence-corrected chi connectivity index (χ3v) is 3.19. The number of nitrogens with one attached hydrogen (secondary N) is 2. The number of benzene rings is 2. The summed E-state index contributed by atoms with van der Waals surface area (Å²) in [5, 5.41) is 14.4. The monoisotopic (exact) mass is 323 g/mol. The SMILES string of the molecule is COCC(=O)Nc1cccc(CNC(=O)c2cccc(C#N)c2)c1. The van der Waals surface area contributed by atoms with E-state index >= 15 is 0 Å². The Morgan fingerprint density at radius 2 is 1.96 bits per heavy atom. The molecule has 2 amide bonds. The zero-order chi connectivity index (χ0) is 17.4. The first-order valence-corrected chi connectivity index (χ1v) is 7.28. The molecule has 0 saturated heterocycles. The smallest absolute Gasteiger partial charge is 0.251 e. The van der Waals surface area contributed by atoms with Crippen molar-refractivity contribution in [3.8, 4) is 6.07 Å². The summed E-state index contributed by atoms with van der Waals surface area (Å²) in [6.45, 7) is 0.291. The Morgan fingerprint density at radius 3 is 2.71 bits per heavy atom. The van der Waals surface area contributed by atoms with Gasteiger partial charge in [-0.15, -0.1) is 0 Å². The molecule has 0 heterocycles. The molecule has 0 aliphatic rings. The highest BCUT2D eigenvalue weighted by Gasteiger charge is 2.07. The van der Waals surface area contributed by atoms with Crippen molar-refractivity contribution in [3.05, 3.63) is 65.2 Å². The molecule has 0 saturated carbocycles. The van der Waals surface area contributed by atoms with E-state index in [0.29, 0.717) is 23.4 Å². The quantitative estimate of drug-likeness (QED) is 0.851. The molecule has 2 rings (SSSR count). The van der Waals surface area contributed by atoms with Crippen LogP contribution in [0.3, 0.4) is 0 Å². The average molecular weight is 323 g/mol. The first-order chi connectivity index (χ1) is 11.6. The van der Waals surface area contributed by atoms with E-state index in [1.54, 1.807) is 36.4 Å². The highest BCUT2D eigenvalue weighted by molar-refractivity contribution is 5.94. The van der Waals surface area contributed by atoms with Gasteiger partial charge in [-0.3, -0.25) is 9.59 Å². The molecule has 6 nitrogen and oxygen atoms in total. The van der Waals surface area contributed by atoms with Gasteiger partial charge < -0.3 is 15.4 Å². The summed E-state index contributed by atoms with van der Waals surface area (Å²) >= 11 is 0. The molecule has 2 aromatic carbocycles. The Balaban J connectivity index is 1.97. The van der Waals surface area contributed by atoms with Crippen LogP contribution in [-0.2, 0) is 16.1 Å². The van der Waals surface area contributed by atoms with Gasteiger partial charge in [0.05, 0.1) is 11.6 Å². The maximum Gasteiger partial charge on any atom is 0.251 e. The van der Waals surface area contributed by atoms with Crippen LogP contribution in [0.25, 0.3) is 0 Å². The summed E-state index contributed by atoms with van der Waals surface area (Å²) in [4.78, 5) is 23.6. The van der Waals surface area contributed by atoms with E-state index in [4.69, 9.17) is 10.00 Å². The van der Waals surface area contributed by atoms with E-state index in [1.807, 2.05) is 12.1 Å². The Labute approximate surface area is 140 Å². The summed E-state index contributed by atoms with van der Waals surface area (Å²) in [5.74, 6) is -0.507. The van der Waals surface area contributed by atoms with Crippen molar-refractivity contribution < 1.29 is 14.3 Å². The van der Waals surface area contributed by atoms with Crippen LogP contribution in [-0.4, -0.2) is 25.5 Å². The van der Waals surface area contributed by atoms with Crippen LogP contribution in [0, 0.1) is 11.3 Å². The molecule has 0 fully saturated rings. The van der Waals surface area contributed by atoms with Crippen molar-refractivity contribution >= 4 is 17.5 Å². The number of amides is 2. The molecule has 2 N–H and O–H groups in total. The van der Waals surface area contributed by atoms with Gasteiger partial charge in [-0.2, -0.15) is 5.26 Å². The Hall–Kier alpha value is -3.17. The van der Waals surface area contributed by atoms with Gasteiger partial charge in [0.2, 0.25) is 5.91 Å². The molecule has 2 aromatic rings. The van der Waals surface area contributed by atoms with E-state index in [1.165, 1.54) is 13.2 Å². The second-order valence-electron chi connectivity index (χ2n) is 5.06. The number of nitrogens with zero attached hydrogens (tertiary/aromatic N) is 1. The molecule has 0 unspecified atom stereocenters. The largest absolute Gasteiger partial charge is 0.375 e. The highest BCUT2D eigenvalue weighted by atomic mass is 16.5. The molecule has 0 aromatic heterocycles. The van der Waals surface area contributed by atoms with E-state index in [9.17, 15) is 9.59 Å². The van der Waals surface area contributed by atoms with Crippen molar-refractivity contribution in [2.45, 2.75) is 6.54 Å². The van der Waals surface area contributed by atoms with Gasteiger partial charge in [-0.25, -0.2) is 0 Å². The zero-order valence-corrected chi connectivity index (χ0v) is 13.2. The molecular formula is C18H17N3O3. The Kier molecular flexibility index (Phi) is 6.06. The van der Waals surface area contributed by atoms with Crippen LogP contribution in [0.15, 0.2) is 48.5 Å². The van der Waals surface area contributed by atoms with E-state index < -0.39 is 0 Å². The maximum atomic E-state index is 12.1. The van der Waals surface area contributed by atoms with Crippen LogP contribution >= 0.6 is 0 Å². The van der Waals surface area contributed by atoms with Gasteiger partial charge in [-0.05, 0) is 35.9 Å². The number of nitriles is 1. The van der Waals surface area contributed by atoms with Crippen molar-refractivity contribution in [1.82, 2.24) is 5.32 Å². The first kappa shape index (κ1) is 17.2. The van der Waals surface area contributed by atoms with Crippen LogP contribution in [0.5, 0.6) is 0 Å². The van der Waals surface area contributed by atoms with E-state index in [-0.39, 0.29) is 18.4 Å². The van der Waals surface area contributed by atoms with Gasteiger partial charge in [-0.1, -0.05) is 18.2 Å². The molecule has 0 bridgehead atoms. The van der Waals surface area contributed by atoms with E-state index in [0.717, 1.165) is 5.56 Å². The summed E-state index contributed by atoms with van der Waals surface area (Å²) in [6.07, 6.45) is 0. The topological polar surface area (TPSA) is 91.2 Å². The molecule has 0 aliphatic heterocycles. The Bertz CT molecular complexity index is 781. The van der Waals surface area contributed by atoms with Crippen molar-refractivity contribution in [3.63, 3.8) is 0 Å². The minimum Gasteiger partial charge on any atom is -0.375 e. The van der Waals surface area contributed by atoms with Crippen molar-refractivity contribution in [1.29, 1.82) is 5.26 Å². The predicted octanol–water partition coefficient (Wildman–Crippen LogP) is 2.07. The molecule has 6 heteroatoms. The minimum atomic E-state index is -0.263. The Morgan fingerprint density at radius 1 is 1.17 bits per heavy atom. The van der Waals surface area contributed by atoms with Crippen LogP contribution in [0.2, 0.25) is 0 Å². The van der Waals surface area contributed by atoms with Gasteiger partial charge in [0.25, 0.3) is 5.91 Å². The number of carbonyl (C=O) groups is 2. The van der Waals surface area contributed by atoms with E-state index in [2.05, 4.69) is 10.6 Å². The second-order valence-corrected chi connectivity index (χ2v) is 5.06. The summed E-state index contributed by atoms with van der Waals surface area (Å²) < 4.78 is 4.76. The van der Waals surface area contributed by atoms with Crippen molar-refractivity contribution in [2.24, 2.45) is 0 Å². The fourth-order valence-electron chi connectivity index (χ4n) is 2.10. The fraction of sp³-hybridized carbons (Fsp3) is 0.167. The lowest BCUT2D eigenvalue weighted by Crippen LogP contribution is -2.23. The number of anilines is 1. The number of carbonyl (C=O) groups excluding carboxylic acids is 2. The number of methoxy groups -OCH3 is 1. The molecule has 0 spiro atoms. The fourth-order valence-corrected chi connectivity index (χ4v) is 2.10. The zero-order valence-electron chi connectivity index (χ0n) is 13.2. The van der Waals surface area contributed by atoms with Gasteiger partial charge >= 0.3 is 0 Å². The third kappa shape index (κ3) is 4.93. The molecule has 0 atom stereocenters. The third-order valence-electron chi connectivity index (χ3n) is 3.19. The number of rotatable bonds is 6. The molecule has 0 radical (unpaired) electrons. The lowest BCUT2D eigenvalue weighted by molar-refractivity contribution is -0.119. The first-order valence-electron chi connectivity index (χ1n) is 7.28. The number of hydrogen-bond donors (Lipinski definition) is 2. The van der Waals surface area contributed by atoms with Crippen LogP contribution in [0.4, 0.5) is 5.69 Å². The maximum absolute atomic E-state index is 12.1. The highest BCUT2D eigenvalue weighted by Crippen LogP contribution is 2.11. The van der Waals surface area contributed by atoms with Gasteiger partial charge in [0, 0.05) is 24.9 Å². The lowest BCUT2D eigenvalue weighted by Gasteiger charge is -2.09. The molecule has 24 heavy (non-hydrogen) atoms. The number of hydrogen-bond acceptors (Lipinski definition) is 4. The standard InChI is InChI=1S/C18H17N3O3/c1-24-12-17(22)21-16-7-3-5-14(9-16)11-20-18(23)15-6-2-4-13(8-15)10-19/h2-9H,11-12H2,1H3,(H,20,23)(H,21,22). The normalized spacial score (nSPS) is 9.83.